The number of amides is 2. The first-order valence-corrected chi connectivity index (χ1v) is 9.14. The highest BCUT2D eigenvalue weighted by Gasteiger charge is 2.14. The Morgan fingerprint density at radius 1 is 0.893 bits per heavy atom. The number of halogens is 1. The quantitative estimate of drug-likeness (QED) is 0.642. The zero-order valence-electron chi connectivity index (χ0n) is 15.8. The largest absolute Gasteiger partial charge is 0.322 e. The van der Waals surface area contributed by atoms with E-state index in [-0.39, 0.29) is 11.6 Å². The van der Waals surface area contributed by atoms with E-state index in [9.17, 15) is 9.59 Å². The van der Waals surface area contributed by atoms with E-state index in [0.29, 0.717) is 16.3 Å². The van der Waals surface area contributed by atoms with Gasteiger partial charge in [0.05, 0.1) is 0 Å². The number of hydrogen-bond donors (Lipinski definition) is 2. The lowest BCUT2D eigenvalue weighted by Gasteiger charge is -2.11. The predicted molar refractivity (Wildman–Crippen MR) is 112 cm³/mol. The minimum Gasteiger partial charge on any atom is -0.322 e. The van der Waals surface area contributed by atoms with Gasteiger partial charge in [-0.15, -0.1) is 0 Å². The minimum absolute atomic E-state index is 0.144. The summed E-state index contributed by atoms with van der Waals surface area (Å²) in [5.74, 6) is -0.718. The molecule has 0 radical (unpaired) electrons. The molecule has 0 spiro atoms. The maximum atomic E-state index is 12.6. The molecule has 0 bridgehead atoms. The van der Waals surface area contributed by atoms with E-state index in [1.807, 2.05) is 45.0 Å². The van der Waals surface area contributed by atoms with E-state index in [1.165, 1.54) is 12.3 Å². The zero-order valence-corrected chi connectivity index (χ0v) is 16.6. The van der Waals surface area contributed by atoms with Crippen molar-refractivity contribution in [3.05, 3.63) is 87.7 Å². The summed E-state index contributed by atoms with van der Waals surface area (Å²) < 4.78 is 0. The Morgan fingerprint density at radius 2 is 1.68 bits per heavy atom. The lowest BCUT2D eigenvalue weighted by atomic mass is 10.1. The standard InChI is InChI=1S/C22H20ClN3O2/c1-13-5-4-6-19(15(13)3)26-21(27)16-9-10-24-20(11-16)22(28)25-17-8-7-14(2)18(23)12-17/h4-12H,1-3H3,(H,25,28)(H,26,27). The van der Waals surface area contributed by atoms with Gasteiger partial charge in [-0.05, 0) is 67.8 Å². The molecule has 142 valence electrons. The molecule has 2 N–H and O–H groups in total. The minimum atomic E-state index is -0.415. The van der Waals surface area contributed by atoms with Gasteiger partial charge in [0, 0.05) is 28.2 Å². The molecule has 0 aliphatic carbocycles. The van der Waals surface area contributed by atoms with Crippen LogP contribution < -0.4 is 10.6 Å². The molecule has 2 aromatic carbocycles. The molecule has 0 saturated heterocycles. The van der Waals surface area contributed by atoms with Crippen LogP contribution in [0.3, 0.4) is 0 Å². The first kappa shape index (κ1) is 19.6. The fraction of sp³-hybridized carbons (Fsp3) is 0.136. The van der Waals surface area contributed by atoms with Crippen molar-refractivity contribution in [1.82, 2.24) is 4.98 Å². The smallest absolute Gasteiger partial charge is 0.274 e. The van der Waals surface area contributed by atoms with Crippen molar-refractivity contribution in [3.63, 3.8) is 0 Å². The van der Waals surface area contributed by atoms with Gasteiger partial charge in [0.25, 0.3) is 11.8 Å². The Balaban J connectivity index is 1.77. The van der Waals surface area contributed by atoms with Crippen molar-refractivity contribution in [3.8, 4) is 0 Å². The van der Waals surface area contributed by atoms with E-state index < -0.39 is 5.91 Å². The van der Waals surface area contributed by atoms with Crippen molar-refractivity contribution < 1.29 is 9.59 Å². The van der Waals surface area contributed by atoms with Crippen LogP contribution in [0, 0.1) is 20.8 Å². The first-order valence-electron chi connectivity index (χ1n) is 8.76. The molecule has 0 saturated carbocycles. The van der Waals surface area contributed by atoms with Gasteiger partial charge in [-0.25, -0.2) is 0 Å². The molecule has 28 heavy (non-hydrogen) atoms. The number of nitrogens with one attached hydrogen (secondary N) is 2. The highest BCUT2D eigenvalue weighted by atomic mass is 35.5. The second-order valence-electron chi connectivity index (χ2n) is 6.55. The van der Waals surface area contributed by atoms with E-state index in [0.717, 1.165) is 22.4 Å². The van der Waals surface area contributed by atoms with Crippen LogP contribution in [-0.4, -0.2) is 16.8 Å². The van der Waals surface area contributed by atoms with Crippen LogP contribution in [-0.2, 0) is 0 Å². The number of anilines is 2. The predicted octanol–water partition coefficient (Wildman–Crippen LogP) is 5.16. The number of aromatic nitrogens is 1. The van der Waals surface area contributed by atoms with Gasteiger partial charge < -0.3 is 10.6 Å². The van der Waals surface area contributed by atoms with Crippen LogP contribution >= 0.6 is 11.6 Å². The van der Waals surface area contributed by atoms with E-state index in [1.54, 1.807) is 18.2 Å². The molecule has 6 heteroatoms. The van der Waals surface area contributed by atoms with Crippen LogP contribution in [0.4, 0.5) is 11.4 Å². The van der Waals surface area contributed by atoms with Crippen molar-refractivity contribution in [2.75, 3.05) is 10.6 Å². The molecule has 0 fully saturated rings. The Kier molecular flexibility index (Phi) is 5.76. The Bertz CT molecular complexity index is 1060. The number of carbonyl (C=O) groups is 2. The van der Waals surface area contributed by atoms with Crippen LogP contribution in [0.5, 0.6) is 0 Å². The lowest BCUT2D eigenvalue weighted by molar-refractivity contribution is 0.102. The molecule has 1 aromatic heterocycles. The highest BCUT2D eigenvalue weighted by Crippen LogP contribution is 2.21. The van der Waals surface area contributed by atoms with Gasteiger partial charge in [-0.3, -0.25) is 14.6 Å². The fourth-order valence-electron chi connectivity index (χ4n) is 2.64. The van der Waals surface area contributed by atoms with Gasteiger partial charge in [-0.2, -0.15) is 0 Å². The maximum absolute atomic E-state index is 12.6. The molecular weight excluding hydrogens is 374 g/mol. The summed E-state index contributed by atoms with van der Waals surface area (Å²) >= 11 is 6.09. The second-order valence-corrected chi connectivity index (χ2v) is 6.96. The third-order valence-corrected chi connectivity index (χ3v) is 4.94. The summed E-state index contributed by atoms with van der Waals surface area (Å²) in [5, 5.41) is 6.18. The normalized spacial score (nSPS) is 10.4. The first-order chi connectivity index (χ1) is 13.3. The maximum Gasteiger partial charge on any atom is 0.274 e. The average Bonchev–Trinajstić information content (AvgIpc) is 2.68. The monoisotopic (exact) mass is 393 g/mol. The number of nitrogens with zero attached hydrogens (tertiary/aromatic N) is 1. The zero-order chi connectivity index (χ0) is 20.3. The molecular formula is C22H20ClN3O2. The third kappa shape index (κ3) is 4.38. The number of hydrogen-bond acceptors (Lipinski definition) is 3. The highest BCUT2D eigenvalue weighted by molar-refractivity contribution is 6.31. The molecule has 1 heterocycles. The lowest BCUT2D eigenvalue weighted by Crippen LogP contribution is -2.17. The molecule has 2 amide bonds. The summed E-state index contributed by atoms with van der Waals surface area (Å²) in [6.07, 6.45) is 1.44. The SMILES string of the molecule is Cc1ccc(NC(=O)c2cc(C(=O)Nc3cccc(C)c3C)ccn2)cc1Cl. The number of aryl methyl sites for hydroxylation is 2. The topological polar surface area (TPSA) is 71.1 Å². The molecule has 3 rings (SSSR count). The Hall–Kier alpha value is -3.18. The molecule has 0 aliphatic heterocycles. The van der Waals surface area contributed by atoms with Gasteiger partial charge in [0.1, 0.15) is 5.69 Å². The molecule has 3 aromatic rings. The Labute approximate surface area is 168 Å². The summed E-state index contributed by atoms with van der Waals surface area (Å²) in [6.45, 7) is 5.81. The summed E-state index contributed by atoms with van der Waals surface area (Å²) in [6, 6.07) is 14.0. The van der Waals surface area contributed by atoms with Crippen LogP contribution in [0.15, 0.2) is 54.7 Å². The summed E-state index contributed by atoms with van der Waals surface area (Å²) in [4.78, 5) is 29.2. The average molecular weight is 394 g/mol. The number of rotatable bonds is 4. The van der Waals surface area contributed by atoms with Crippen LogP contribution in [0.25, 0.3) is 0 Å². The third-order valence-electron chi connectivity index (χ3n) is 4.54. The van der Waals surface area contributed by atoms with Crippen molar-refractivity contribution in [1.29, 1.82) is 0 Å². The van der Waals surface area contributed by atoms with Gasteiger partial charge in [0.15, 0.2) is 0 Å². The molecule has 0 aliphatic rings. The van der Waals surface area contributed by atoms with Crippen LogP contribution in [0.1, 0.15) is 37.5 Å². The van der Waals surface area contributed by atoms with E-state index in [4.69, 9.17) is 11.6 Å². The van der Waals surface area contributed by atoms with Crippen LogP contribution in [0.2, 0.25) is 5.02 Å². The van der Waals surface area contributed by atoms with E-state index in [2.05, 4.69) is 15.6 Å². The van der Waals surface area contributed by atoms with Gasteiger partial charge in [-0.1, -0.05) is 29.8 Å². The molecule has 5 nitrogen and oxygen atoms in total. The number of benzene rings is 2. The van der Waals surface area contributed by atoms with Gasteiger partial charge in [0.2, 0.25) is 0 Å². The fourth-order valence-corrected chi connectivity index (χ4v) is 2.82. The molecule has 0 atom stereocenters. The van der Waals surface area contributed by atoms with Gasteiger partial charge >= 0.3 is 0 Å². The number of carbonyl (C=O) groups excluding carboxylic acids is 2. The van der Waals surface area contributed by atoms with Crippen molar-refractivity contribution in [2.45, 2.75) is 20.8 Å². The van der Waals surface area contributed by atoms with Crippen molar-refractivity contribution >= 4 is 34.8 Å². The summed E-state index contributed by atoms with van der Waals surface area (Å²) in [7, 11) is 0. The second kappa shape index (κ2) is 8.23. The molecule has 0 unspecified atom stereocenters. The summed E-state index contributed by atoms with van der Waals surface area (Å²) in [5.41, 5.74) is 4.80. The Morgan fingerprint density at radius 3 is 2.43 bits per heavy atom. The van der Waals surface area contributed by atoms with Crippen molar-refractivity contribution in [2.24, 2.45) is 0 Å². The number of pyridine rings is 1. The van der Waals surface area contributed by atoms with E-state index >= 15 is 0 Å².